The predicted octanol–water partition coefficient (Wildman–Crippen LogP) is 5.14. The molecule has 134 valence electrons. The summed E-state index contributed by atoms with van der Waals surface area (Å²) in [5, 5.41) is 5.40. The number of amides is 1. The second-order valence-corrected chi connectivity index (χ2v) is 7.23. The van der Waals surface area contributed by atoms with Crippen molar-refractivity contribution >= 4 is 22.4 Å². The van der Waals surface area contributed by atoms with Crippen LogP contribution in [0.15, 0.2) is 47.8 Å². The van der Waals surface area contributed by atoms with E-state index in [9.17, 15) is 4.79 Å². The summed E-state index contributed by atoms with van der Waals surface area (Å²) < 4.78 is 5.66. The van der Waals surface area contributed by atoms with E-state index in [-0.39, 0.29) is 5.91 Å². The maximum Gasteiger partial charge on any atom is 0.266 e. The zero-order valence-corrected chi connectivity index (χ0v) is 16.2. The van der Waals surface area contributed by atoms with Gasteiger partial charge in [0.1, 0.15) is 5.75 Å². The Kier molecular flexibility index (Phi) is 5.38. The van der Waals surface area contributed by atoms with Gasteiger partial charge in [-0.1, -0.05) is 35.9 Å². The maximum absolute atomic E-state index is 12.4. The van der Waals surface area contributed by atoms with Gasteiger partial charge in [-0.05, 0) is 51.0 Å². The lowest BCUT2D eigenvalue weighted by Crippen LogP contribution is -2.30. The second-order valence-electron chi connectivity index (χ2n) is 6.37. The van der Waals surface area contributed by atoms with E-state index in [2.05, 4.69) is 43.2 Å². The first kappa shape index (κ1) is 18.1. The zero-order chi connectivity index (χ0) is 18.7. The lowest BCUT2D eigenvalue weighted by molar-refractivity contribution is -0.122. The molecule has 3 rings (SSSR count). The minimum Gasteiger partial charge on any atom is -0.481 e. The van der Waals surface area contributed by atoms with Crippen LogP contribution in [-0.4, -0.2) is 17.0 Å². The molecule has 0 aliphatic rings. The molecule has 0 unspecified atom stereocenters. The third-order valence-electron chi connectivity index (χ3n) is 4.09. The lowest BCUT2D eigenvalue weighted by atomic mass is 9.98. The topological polar surface area (TPSA) is 51.2 Å². The van der Waals surface area contributed by atoms with E-state index in [0.29, 0.717) is 10.9 Å². The highest BCUT2D eigenvalue weighted by Crippen LogP contribution is 2.31. The van der Waals surface area contributed by atoms with E-state index in [1.165, 1.54) is 28.0 Å². The number of carbonyl (C=O) groups excluding carboxylic acids is 1. The van der Waals surface area contributed by atoms with Crippen molar-refractivity contribution in [2.75, 3.05) is 5.32 Å². The number of hydrogen-bond acceptors (Lipinski definition) is 4. The van der Waals surface area contributed by atoms with E-state index in [4.69, 9.17) is 4.74 Å². The number of hydrogen-bond donors (Lipinski definition) is 1. The quantitative estimate of drug-likeness (QED) is 0.680. The van der Waals surface area contributed by atoms with E-state index in [1.54, 1.807) is 6.92 Å². The first-order valence-corrected chi connectivity index (χ1v) is 9.38. The Balaban J connectivity index is 1.71. The van der Waals surface area contributed by atoms with Gasteiger partial charge in [-0.15, -0.1) is 11.3 Å². The van der Waals surface area contributed by atoms with Crippen LogP contribution in [-0.2, 0) is 4.79 Å². The molecule has 0 aliphatic carbocycles. The molecule has 0 aliphatic heterocycles. The van der Waals surface area contributed by atoms with Crippen LogP contribution >= 0.6 is 11.3 Å². The molecule has 0 fully saturated rings. The summed E-state index contributed by atoms with van der Waals surface area (Å²) in [6, 6.07) is 13.6. The van der Waals surface area contributed by atoms with Gasteiger partial charge in [-0.25, -0.2) is 4.98 Å². The molecule has 0 bridgehead atoms. The fourth-order valence-corrected chi connectivity index (χ4v) is 3.70. The SMILES string of the molecule is Cc1cc(C)c(-c2csc(NC(=O)[C@@H](C)Oc3ccccc3)n2)c(C)c1. The minimum absolute atomic E-state index is 0.216. The Morgan fingerprint density at radius 2 is 1.77 bits per heavy atom. The van der Waals surface area contributed by atoms with Gasteiger partial charge in [0, 0.05) is 10.9 Å². The van der Waals surface area contributed by atoms with Crippen molar-refractivity contribution in [1.82, 2.24) is 4.98 Å². The van der Waals surface area contributed by atoms with Crippen LogP contribution in [0.5, 0.6) is 5.75 Å². The number of carbonyl (C=O) groups is 1. The highest BCUT2D eigenvalue weighted by Gasteiger charge is 2.17. The van der Waals surface area contributed by atoms with Crippen molar-refractivity contribution in [3.63, 3.8) is 0 Å². The summed E-state index contributed by atoms with van der Waals surface area (Å²) in [5.74, 6) is 0.452. The number of aryl methyl sites for hydroxylation is 3. The Bertz CT molecular complexity index is 896. The number of anilines is 1. The Morgan fingerprint density at radius 3 is 2.42 bits per heavy atom. The number of thiazole rings is 1. The van der Waals surface area contributed by atoms with Crippen molar-refractivity contribution in [2.24, 2.45) is 0 Å². The molecule has 1 amide bonds. The van der Waals surface area contributed by atoms with Gasteiger partial charge in [0.05, 0.1) is 5.69 Å². The summed E-state index contributed by atoms with van der Waals surface area (Å²) in [6.07, 6.45) is -0.604. The lowest BCUT2D eigenvalue weighted by Gasteiger charge is -2.13. The molecule has 0 saturated carbocycles. The second kappa shape index (κ2) is 7.70. The Morgan fingerprint density at radius 1 is 1.12 bits per heavy atom. The molecule has 3 aromatic rings. The third-order valence-corrected chi connectivity index (χ3v) is 4.85. The molecule has 0 spiro atoms. The number of nitrogens with zero attached hydrogens (tertiary/aromatic N) is 1. The summed E-state index contributed by atoms with van der Waals surface area (Å²) in [4.78, 5) is 17.0. The van der Waals surface area contributed by atoms with Gasteiger partial charge in [-0.3, -0.25) is 10.1 Å². The van der Waals surface area contributed by atoms with Crippen molar-refractivity contribution in [3.8, 4) is 17.0 Å². The highest BCUT2D eigenvalue weighted by molar-refractivity contribution is 7.14. The van der Waals surface area contributed by atoms with Gasteiger partial charge >= 0.3 is 0 Å². The van der Waals surface area contributed by atoms with Crippen LogP contribution in [0.2, 0.25) is 0 Å². The number of ether oxygens (including phenoxy) is 1. The molecule has 1 N–H and O–H groups in total. The van der Waals surface area contributed by atoms with Gasteiger partial charge in [0.2, 0.25) is 0 Å². The van der Waals surface area contributed by atoms with Crippen LogP contribution in [0, 0.1) is 20.8 Å². The number of aromatic nitrogens is 1. The Labute approximate surface area is 157 Å². The van der Waals surface area contributed by atoms with Gasteiger partial charge in [-0.2, -0.15) is 0 Å². The average molecular weight is 366 g/mol. The number of para-hydroxylation sites is 1. The predicted molar refractivity (Wildman–Crippen MR) is 107 cm³/mol. The molecule has 2 aromatic carbocycles. The van der Waals surface area contributed by atoms with Gasteiger partial charge in [0.15, 0.2) is 11.2 Å². The van der Waals surface area contributed by atoms with Crippen molar-refractivity contribution in [1.29, 1.82) is 0 Å². The molecule has 1 aromatic heterocycles. The standard InChI is InChI=1S/C21H22N2O2S/c1-13-10-14(2)19(15(3)11-13)18-12-26-21(22-18)23-20(24)16(4)25-17-8-6-5-7-9-17/h5-12,16H,1-4H3,(H,22,23,24)/t16-/m1/s1. The smallest absolute Gasteiger partial charge is 0.266 e. The molecular formula is C21H22N2O2S. The molecular weight excluding hydrogens is 344 g/mol. The monoisotopic (exact) mass is 366 g/mol. The number of nitrogens with one attached hydrogen (secondary N) is 1. The van der Waals surface area contributed by atoms with E-state index in [1.807, 2.05) is 35.7 Å². The zero-order valence-electron chi connectivity index (χ0n) is 15.4. The fourth-order valence-electron chi connectivity index (χ4n) is 2.99. The fraction of sp³-hybridized carbons (Fsp3) is 0.238. The molecule has 4 nitrogen and oxygen atoms in total. The summed E-state index contributed by atoms with van der Waals surface area (Å²) in [5.41, 5.74) is 5.62. The maximum atomic E-state index is 12.4. The van der Waals surface area contributed by atoms with Crippen LogP contribution in [0.1, 0.15) is 23.6 Å². The van der Waals surface area contributed by atoms with Crippen LogP contribution in [0.3, 0.4) is 0 Å². The van der Waals surface area contributed by atoms with Crippen molar-refractivity contribution in [3.05, 3.63) is 64.5 Å². The minimum atomic E-state index is -0.604. The number of rotatable bonds is 5. The summed E-state index contributed by atoms with van der Waals surface area (Å²) in [6.45, 7) is 7.99. The summed E-state index contributed by atoms with van der Waals surface area (Å²) >= 11 is 1.42. The third kappa shape index (κ3) is 4.11. The van der Waals surface area contributed by atoms with Crippen LogP contribution < -0.4 is 10.1 Å². The van der Waals surface area contributed by atoms with E-state index < -0.39 is 6.10 Å². The molecule has 1 heterocycles. The Hall–Kier alpha value is -2.66. The van der Waals surface area contributed by atoms with Gasteiger partial charge in [0.25, 0.3) is 5.91 Å². The first-order chi connectivity index (χ1) is 12.4. The molecule has 26 heavy (non-hydrogen) atoms. The van der Waals surface area contributed by atoms with Crippen molar-refractivity contribution < 1.29 is 9.53 Å². The van der Waals surface area contributed by atoms with Crippen LogP contribution in [0.4, 0.5) is 5.13 Å². The average Bonchev–Trinajstić information content (AvgIpc) is 3.02. The summed E-state index contributed by atoms with van der Waals surface area (Å²) in [7, 11) is 0. The highest BCUT2D eigenvalue weighted by atomic mass is 32.1. The first-order valence-electron chi connectivity index (χ1n) is 8.50. The van der Waals surface area contributed by atoms with Crippen LogP contribution in [0.25, 0.3) is 11.3 Å². The molecule has 0 saturated heterocycles. The molecule has 5 heteroatoms. The van der Waals surface area contributed by atoms with E-state index >= 15 is 0 Å². The normalized spacial score (nSPS) is 11.8. The van der Waals surface area contributed by atoms with Gasteiger partial charge < -0.3 is 4.74 Å². The largest absolute Gasteiger partial charge is 0.481 e. The van der Waals surface area contributed by atoms with Crippen molar-refractivity contribution in [2.45, 2.75) is 33.8 Å². The van der Waals surface area contributed by atoms with E-state index in [0.717, 1.165) is 11.3 Å². The number of benzene rings is 2. The molecule has 1 atom stereocenters. The molecule has 0 radical (unpaired) electrons.